The fourth-order valence-electron chi connectivity index (χ4n) is 3.60. The minimum absolute atomic E-state index is 0.00560. The average Bonchev–Trinajstić information content (AvgIpc) is 2.77. The number of carbonyl (C=O) groups is 1. The molecule has 1 atom stereocenters. The summed E-state index contributed by atoms with van der Waals surface area (Å²) in [6.07, 6.45) is 0.960. The second kappa shape index (κ2) is 11.3. The largest absolute Gasteiger partial charge is 0.493 e. The molecule has 1 aliphatic heterocycles. The lowest BCUT2D eigenvalue weighted by Gasteiger charge is -2.24. The summed E-state index contributed by atoms with van der Waals surface area (Å²) < 4.78 is 34.9. The van der Waals surface area contributed by atoms with Crippen LogP contribution in [-0.2, 0) is 11.2 Å². The zero-order valence-electron chi connectivity index (χ0n) is 18.2. The molecular formula is C23H28F2N4O3. The maximum absolute atomic E-state index is 12.6. The van der Waals surface area contributed by atoms with Gasteiger partial charge >= 0.3 is 6.61 Å². The molecule has 1 unspecified atom stereocenters. The average molecular weight is 446 g/mol. The maximum atomic E-state index is 12.6. The molecule has 1 heterocycles. The predicted octanol–water partition coefficient (Wildman–Crippen LogP) is 3.52. The number of nitrogens with zero attached hydrogens (tertiary/aromatic N) is 1. The second-order valence-electron chi connectivity index (χ2n) is 7.30. The maximum Gasteiger partial charge on any atom is 0.387 e. The fourth-order valence-corrected chi connectivity index (χ4v) is 3.60. The molecule has 0 bridgehead atoms. The molecule has 2 aromatic carbocycles. The number of ether oxygens (including phenoxy) is 2. The summed E-state index contributed by atoms with van der Waals surface area (Å²) in [6.45, 7) is 0.736. The number of benzene rings is 2. The number of para-hydroxylation sites is 1. The first-order valence-electron chi connectivity index (χ1n) is 10.5. The molecule has 0 aliphatic carbocycles. The van der Waals surface area contributed by atoms with Crippen LogP contribution < -0.4 is 25.4 Å². The van der Waals surface area contributed by atoms with Crippen LogP contribution in [0.15, 0.2) is 47.5 Å². The van der Waals surface area contributed by atoms with E-state index in [9.17, 15) is 13.6 Å². The van der Waals surface area contributed by atoms with Crippen molar-refractivity contribution in [2.75, 3.05) is 32.1 Å². The van der Waals surface area contributed by atoms with Crippen LogP contribution in [0.3, 0.4) is 0 Å². The van der Waals surface area contributed by atoms with Gasteiger partial charge in [-0.3, -0.25) is 9.79 Å². The Kier molecular flexibility index (Phi) is 8.24. The van der Waals surface area contributed by atoms with Crippen molar-refractivity contribution in [3.63, 3.8) is 0 Å². The molecule has 3 N–H and O–H groups in total. The zero-order chi connectivity index (χ0) is 22.9. The summed E-state index contributed by atoms with van der Waals surface area (Å²) in [5, 5.41) is 9.34. The van der Waals surface area contributed by atoms with Crippen molar-refractivity contribution in [1.82, 2.24) is 10.6 Å². The predicted molar refractivity (Wildman–Crippen MR) is 120 cm³/mol. The van der Waals surface area contributed by atoms with Crippen molar-refractivity contribution < 1.29 is 23.0 Å². The van der Waals surface area contributed by atoms with Crippen molar-refractivity contribution in [2.45, 2.75) is 32.3 Å². The van der Waals surface area contributed by atoms with Gasteiger partial charge in [-0.25, -0.2) is 0 Å². The van der Waals surface area contributed by atoms with E-state index in [0.29, 0.717) is 38.4 Å². The van der Waals surface area contributed by atoms with Crippen LogP contribution in [-0.4, -0.2) is 45.2 Å². The number of fused-ring (bicyclic) bond motifs is 1. The molecule has 32 heavy (non-hydrogen) atoms. The highest BCUT2D eigenvalue weighted by atomic mass is 19.3. The van der Waals surface area contributed by atoms with Crippen molar-refractivity contribution in [3.8, 4) is 11.5 Å². The van der Waals surface area contributed by atoms with Gasteiger partial charge in [-0.15, -0.1) is 0 Å². The highest BCUT2D eigenvalue weighted by molar-refractivity contribution is 5.94. The summed E-state index contributed by atoms with van der Waals surface area (Å²) in [6, 6.07) is 12.7. The number of halogens is 2. The fraction of sp³-hybridized carbons (Fsp3) is 0.391. The van der Waals surface area contributed by atoms with E-state index in [1.54, 1.807) is 18.2 Å². The van der Waals surface area contributed by atoms with E-state index >= 15 is 0 Å². The van der Waals surface area contributed by atoms with E-state index in [0.717, 1.165) is 16.8 Å². The third-order valence-corrected chi connectivity index (χ3v) is 5.07. The van der Waals surface area contributed by atoms with Crippen molar-refractivity contribution in [3.05, 3.63) is 53.6 Å². The van der Waals surface area contributed by atoms with E-state index in [4.69, 9.17) is 4.74 Å². The number of anilines is 1. The molecule has 3 rings (SSSR count). The normalized spacial score (nSPS) is 15.7. The van der Waals surface area contributed by atoms with E-state index in [1.807, 2.05) is 31.2 Å². The van der Waals surface area contributed by atoms with E-state index < -0.39 is 6.61 Å². The minimum Gasteiger partial charge on any atom is -0.493 e. The lowest BCUT2D eigenvalue weighted by molar-refractivity contribution is -0.116. The number of carbonyl (C=O) groups excluding carboxylic acids is 1. The number of aliphatic imine (C=N–C) groups is 1. The molecule has 0 saturated heterocycles. The number of amides is 1. The first-order valence-corrected chi connectivity index (χ1v) is 10.5. The van der Waals surface area contributed by atoms with Crippen LogP contribution in [0.5, 0.6) is 11.5 Å². The van der Waals surface area contributed by atoms with Gasteiger partial charge in [0.25, 0.3) is 0 Å². The number of hydrogen-bond acceptors (Lipinski definition) is 4. The first kappa shape index (κ1) is 23.3. The van der Waals surface area contributed by atoms with Crippen LogP contribution in [0, 0.1) is 0 Å². The van der Waals surface area contributed by atoms with Crippen LogP contribution in [0.4, 0.5) is 14.5 Å². The topological polar surface area (TPSA) is 84.0 Å². The summed E-state index contributed by atoms with van der Waals surface area (Å²) in [5.74, 6) is 0.895. The molecule has 0 radical (unpaired) electrons. The lowest BCUT2D eigenvalue weighted by atomic mass is 9.91. The molecule has 0 spiro atoms. The number of alkyl halides is 2. The number of nitrogens with one attached hydrogen (secondary N) is 3. The van der Waals surface area contributed by atoms with Crippen molar-refractivity contribution in [2.24, 2.45) is 4.99 Å². The number of guanidine groups is 1. The van der Waals surface area contributed by atoms with E-state index in [1.165, 1.54) is 7.11 Å². The molecule has 1 amide bonds. The Morgan fingerprint density at radius 2 is 2.03 bits per heavy atom. The molecule has 9 heteroatoms. The van der Waals surface area contributed by atoms with Crippen LogP contribution in [0.2, 0.25) is 0 Å². The van der Waals surface area contributed by atoms with Crippen molar-refractivity contribution >= 4 is 17.6 Å². The smallest absolute Gasteiger partial charge is 0.387 e. The molecule has 1 aliphatic rings. The summed E-state index contributed by atoms with van der Waals surface area (Å²) in [7, 11) is 1.41. The van der Waals surface area contributed by atoms with E-state index in [-0.39, 0.29) is 23.3 Å². The summed E-state index contributed by atoms with van der Waals surface area (Å²) in [5.41, 5.74) is 2.74. The van der Waals surface area contributed by atoms with Gasteiger partial charge in [-0.05, 0) is 42.7 Å². The van der Waals surface area contributed by atoms with Gasteiger partial charge < -0.3 is 25.4 Å². The Labute approximate surface area is 186 Å². The molecule has 2 aromatic rings. The number of hydrogen-bond donors (Lipinski definition) is 3. The van der Waals surface area contributed by atoms with Gasteiger partial charge in [0.1, 0.15) is 0 Å². The Hall–Kier alpha value is -3.36. The van der Waals surface area contributed by atoms with Crippen molar-refractivity contribution in [1.29, 1.82) is 0 Å². The molecule has 172 valence electrons. The number of rotatable bonds is 9. The molecule has 0 fully saturated rings. The molecule has 0 aromatic heterocycles. The van der Waals surface area contributed by atoms with Gasteiger partial charge in [-0.1, -0.05) is 24.3 Å². The third-order valence-electron chi connectivity index (χ3n) is 5.07. The summed E-state index contributed by atoms with van der Waals surface area (Å²) in [4.78, 5) is 16.7. The van der Waals surface area contributed by atoms with E-state index in [2.05, 4.69) is 25.7 Å². The third kappa shape index (κ3) is 6.32. The standard InChI is InChI=1S/C23H28F2N4O3/c1-3-26-23(28-14-16-13-21(30)29-18-7-5-4-6-17(16)18)27-11-10-15-8-9-19(31-2)20(12-15)32-22(24)25/h4-9,12,16,22H,3,10-11,13-14H2,1-2H3,(H,29,30)(H2,26,27,28). The lowest BCUT2D eigenvalue weighted by Crippen LogP contribution is -2.38. The minimum atomic E-state index is -2.92. The highest BCUT2D eigenvalue weighted by Gasteiger charge is 2.24. The Balaban J connectivity index is 1.61. The molecular weight excluding hydrogens is 418 g/mol. The Morgan fingerprint density at radius 1 is 1.22 bits per heavy atom. The number of methoxy groups -OCH3 is 1. The monoisotopic (exact) mass is 446 g/mol. The Morgan fingerprint density at radius 3 is 2.78 bits per heavy atom. The van der Waals surface area contributed by atoms with Gasteiger partial charge in [-0.2, -0.15) is 8.78 Å². The first-order chi connectivity index (χ1) is 15.5. The highest BCUT2D eigenvalue weighted by Crippen LogP contribution is 2.32. The van der Waals surface area contributed by atoms with Gasteiger partial charge in [0, 0.05) is 31.1 Å². The van der Waals surface area contributed by atoms with Gasteiger partial charge in [0.15, 0.2) is 17.5 Å². The zero-order valence-corrected chi connectivity index (χ0v) is 18.2. The van der Waals surface area contributed by atoms with Gasteiger partial charge in [0.2, 0.25) is 5.91 Å². The molecule has 0 saturated carbocycles. The molecule has 7 nitrogen and oxygen atoms in total. The van der Waals surface area contributed by atoms with Crippen LogP contribution in [0.1, 0.15) is 30.4 Å². The second-order valence-corrected chi connectivity index (χ2v) is 7.30. The quantitative estimate of drug-likeness (QED) is 0.406. The summed E-state index contributed by atoms with van der Waals surface area (Å²) >= 11 is 0. The Bertz CT molecular complexity index is 953. The van der Waals surface area contributed by atoms with Gasteiger partial charge in [0.05, 0.1) is 13.7 Å². The SMILES string of the molecule is CCNC(=NCC1CC(=O)Nc2ccccc21)NCCc1ccc(OC)c(OC(F)F)c1. The van der Waals surface area contributed by atoms with Crippen LogP contribution >= 0.6 is 0 Å². The van der Waals surface area contributed by atoms with Crippen LogP contribution in [0.25, 0.3) is 0 Å².